The van der Waals surface area contributed by atoms with Crippen LogP contribution in [0.15, 0.2) is 206 Å². The highest BCUT2D eigenvalue weighted by molar-refractivity contribution is 5.99. The normalized spacial score (nSPS) is 12.2. The number of rotatable bonds is 18. The molecular formula is C98H57N3O13. The van der Waals surface area contributed by atoms with Gasteiger partial charge in [-0.2, -0.15) is 0 Å². The highest BCUT2D eigenvalue weighted by Crippen LogP contribution is 2.45. The summed E-state index contributed by atoms with van der Waals surface area (Å²) in [6.45, 7) is 5.58. The van der Waals surface area contributed by atoms with Crippen molar-refractivity contribution in [3.8, 4) is 271 Å². The molecule has 542 valence electrons. The average molecular weight is 1480 g/mol. The summed E-state index contributed by atoms with van der Waals surface area (Å²) >= 11 is 0. The third kappa shape index (κ3) is 25.1. The summed E-state index contributed by atoms with van der Waals surface area (Å²) in [4.78, 5) is 41.4. The highest BCUT2D eigenvalue weighted by Gasteiger charge is 2.58. The van der Waals surface area contributed by atoms with E-state index in [1.807, 2.05) is 140 Å². The topological polar surface area (TPSA) is 221 Å². The number of hydrogen-bond acceptors (Lipinski definition) is 15. The molecule has 0 spiro atoms. The van der Waals surface area contributed by atoms with Gasteiger partial charge in [-0.05, 0) is 186 Å². The van der Waals surface area contributed by atoms with Crippen LogP contribution in [0.3, 0.4) is 0 Å². The Hall–Kier alpha value is -16.9. The number of aliphatic hydroxyl groups is 3. The third-order valence-corrected chi connectivity index (χ3v) is 15.5. The quantitative estimate of drug-likeness (QED) is 0.0680. The van der Waals surface area contributed by atoms with Gasteiger partial charge in [0.25, 0.3) is 5.91 Å². The number of furan rings is 2. The molecule has 9 aromatic rings. The van der Waals surface area contributed by atoms with Crippen molar-refractivity contribution in [2.75, 3.05) is 6.61 Å². The van der Waals surface area contributed by atoms with Crippen molar-refractivity contribution in [1.29, 1.82) is 0 Å². The van der Waals surface area contributed by atoms with E-state index >= 15 is 0 Å². The van der Waals surface area contributed by atoms with Crippen LogP contribution in [0.25, 0.3) is 45.3 Å². The number of amides is 2. The van der Waals surface area contributed by atoms with Crippen molar-refractivity contribution in [2.45, 2.75) is 76.0 Å². The average Bonchev–Trinajstić information content (AvgIpc) is 1.60. The maximum absolute atomic E-state index is 14.5. The zero-order chi connectivity index (χ0) is 80.9. The van der Waals surface area contributed by atoms with Gasteiger partial charge >= 0.3 is 6.09 Å². The Morgan fingerprint density at radius 2 is 0.746 bits per heavy atom. The van der Waals surface area contributed by atoms with Gasteiger partial charge in [0.1, 0.15) is 41.8 Å². The summed E-state index contributed by atoms with van der Waals surface area (Å²) in [5.41, 5.74) is 1.87. The summed E-state index contributed by atoms with van der Waals surface area (Å²) < 4.78 is 39.1. The Morgan fingerprint density at radius 1 is 0.439 bits per heavy atom. The minimum absolute atomic E-state index is 0.0368. The fraction of sp³-hybridized carbons (Fsp3) is 0.133. The lowest BCUT2D eigenvalue weighted by molar-refractivity contribution is -0.175. The van der Waals surface area contributed by atoms with E-state index in [1.165, 1.54) is 38.5 Å². The molecule has 1 aliphatic rings. The van der Waals surface area contributed by atoms with Crippen molar-refractivity contribution in [3.63, 3.8) is 0 Å². The number of aromatic nitrogens is 2. The van der Waals surface area contributed by atoms with Crippen LogP contribution in [0, 0.1) is 226 Å². The number of imide groups is 1. The van der Waals surface area contributed by atoms with Crippen LogP contribution in [0.4, 0.5) is 4.79 Å². The zero-order valence-electron chi connectivity index (χ0n) is 61.2. The highest BCUT2D eigenvalue weighted by atomic mass is 16.6. The van der Waals surface area contributed by atoms with E-state index in [2.05, 4.69) is 223 Å². The smallest absolute Gasteiger partial charge is 0.417 e. The molecule has 5 heterocycles. The standard InChI is InChI=1S/C38H2.C35H32N2O7.C25H23NO6/c1-3-5-7-9-11-13-15-17-19-21-23-25-27-29-31-33-35-37-38-36-34-32-30-28-26-24-22-20-18-16-14-12-10-8-6-4-2;1-34(2)30(26-13-8-5-9-14-26)37(33(40)43-34)32(39)35(3,31(38)27-21-29(44-36-27)28-15-10-20-41-28)42-22-23-16-18-25(19-17-23)24-11-6-4-7-12-24;1-25(23(28)15-27,24(29)20-14-22(32-26-20)21-8-5-13-30-21)31-16-17-9-11-19(12-10-17)18-6-3-2-4-7-18/h1-2H;4-21,30-31,38H,22H2,1-3H3;2-14,24,27,29H,15-16H2,1H3/t;30-,31-,35-;24-,25+/m.00/s1. The van der Waals surface area contributed by atoms with Gasteiger partial charge in [-0.25, -0.2) is 9.69 Å². The summed E-state index contributed by atoms with van der Waals surface area (Å²) in [6, 6.07) is 53.4. The van der Waals surface area contributed by atoms with Crippen LogP contribution >= 0.6 is 0 Å². The molecular weight excluding hydrogens is 1430 g/mol. The zero-order valence-corrected chi connectivity index (χ0v) is 61.2. The van der Waals surface area contributed by atoms with Crippen LogP contribution < -0.4 is 0 Å². The van der Waals surface area contributed by atoms with E-state index in [0.717, 1.165) is 38.3 Å². The first kappa shape index (κ1) is 82.8. The maximum atomic E-state index is 14.5. The first-order valence-electron chi connectivity index (χ1n) is 33.7. The minimum atomic E-state index is -1.98. The fourth-order valence-corrected chi connectivity index (χ4v) is 9.95. The predicted molar refractivity (Wildman–Crippen MR) is 427 cm³/mol. The minimum Gasteiger partial charge on any atom is -0.461 e. The molecule has 5 aromatic carbocycles. The number of carbonyl (C=O) groups excluding carboxylic acids is 3. The van der Waals surface area contributed by atoms with Gasteiger partial charge in [0, 0.05) is 131 Å². The summed E-state index contributed by atoms with van der Waals surface area (Å²) in [7, 11) is 0. The van der Waals surface area contributed by atoms with Crippen LogP contribution in [-0.4, -0.2) is 71.7 Å². The largest absolute Gasteiger partial charge is 0.461 e. The Kier molecular flexibility index (Phi) is 32.2. The number of ketones is 1. The van der Waals surface area contributed by atoms with Crippen LogP contribution in [0.5, 0.6) is 0 Å². The molecule has 0 bridgehead atoms. The number of ether oxygens (including phenoxy) is 3. The molecule has 0 aliphatic carbocycles. The number of nitrogens with zero attached hydrogens (tertiary/aromatic N) is 3. The number of aliphatic hydroxyl groups excluding tert-OH is 3. The second kappa shape index (κ2) is 44.3. The van der Waals surface area contributed by atoms with Gasteiger partial charge in [-0.15, -0.1) is 12.8 Å². The predicted octanol–water partition coefficient (Wildman–Crippen LogP) is 11.6. The Labute approximate surface area is 661 Å². The Morgan fingerprint density at radius 3 is 1.06 bits per heavy atom. The van der Waals surface area contributed by atoms with Crippen molar-refractivity contribution >= 4 is 17.8 Å². The molecule has 16 nitrogen and oxygen atoms in total. The van der Waals surface area contributed by atoms with Crippen molar-refractivity contribution < 1.29 is 61.8 Å². The van der Waals surface area contributed by atoms with E-state index in [1.54, 1.807) is 38.1 Å². The molecule has 4 aromatic heterocycles. The molecule has 1 fully saturated rings. The number of benzene rings is 5. The number of Topliss-reactive ketones (excluding diaryl/α,β-unsaturated/α-hetero) is 1. The monoisotopic (exact) mass is 1480 g/mol. The lowest BCUT2D eigenvalue weighted by atomic mass is 9.88. The SMILES string of the molecule is C#CC#CC#CC#CC#CC#CC#CC#CC#CC#CC#CC#CC#CC#CC#CC#CC#CC#CC#C.CC1(C)OC(=O)N(C(=O)[C@@](C)(OCc2ccc(-c3ccccc3)cc2)[C@@H](O)c2cc(-c3ccco3)on2)[C@H]1c1ccccc1.C[C@@](OCc1ccc(-c2ccccc2)cc1)(C(=O)CO)[C@@H](O)c1cc(-c2ccco2)on1. The summed E-state index contributed by atoms with van der Waals surface area (Å²) in [6.07, 6.45) is 8.91. The number of hydrogen-bond donors (Lipinski definition) is 3. The molecule has 10 rings (SSSR count). The van der Waals surface area contributed by atoms with E-state index in [0.29, 0.717) is 22.8 Å². The molecule has 0 radical (unpaired) electrons. The van der Waals surface area contributed by atoms with Gasteiger partial charge in [0.15, 0.2) is 28.5 Å². The van der Waals surface area contributed by atoms with E-state index in [4.69, 9.17) is 44.9 Å². The first-order valence-corrected chi connectivity index (χ1v) is 33.7. The molecule has 3 N–H and O–H groups in total. The lowest BCUT2D eigenvalue weighted by Gasteiger charge is -2.37. The summed E-state index contributed by atoms with van der Waals surface area (Å²) in [5.74, 6) is 88.1. The lowest BCUT2D eigenvalue weighted by Crippen LogP contribution is -2.54. The van der Waals surface area contributed by atoms with Gasteiger partial charge in [0.05, 0.1) is 25.7 Å². The number of cyclic esters (lactones) is 1. The molecule has 114 heavy (non-hydrogen) atoms. The van der Waals surface area contributed by atoms with E-state index < -0.39 is 59.4 Å². The first-order chi connectivity index (χ1) is 55.6. The van der Waals surface area contributed by atoms with Gasteiger partial charge < -0.3 is 47.4 Å². The van der Waals surface area contributed by atoms with Gasteiger partial charge in [-0.1, -0.05) is 150 Å². The molecule has 1 saturated heterocycles. The molecule has 16 heteroatoms. The fourth-order valence-electron chi connectivity index (χ4n) is 9.95. The van der Waals surface area contributed by atoms with Crippen LogP contribution in [-0.2, 0) is 37.0 Å². The molecule has 5 atom stereocenters. The van der Waals surface area contributed by atoms with E-state index in [9.17, 15) is 29.7 Å². The van der Waals surface area contributed by atoms with Gasteiger partial charge in [-0.3, -0.25) is 9.59 Å². The third-order valence-electron chi connectivity index (χ3n) is 15.5. The second-order valence-electron chi connectivity index (χ2n) is 23.5. The Bertz CT molecular complexity index is 6100. The number of carbonyl (C=O) groups is 3. The number of terminal acetylenes is 2. The van der Waals surface area contributed by atoms with Crippen molar-refractivity contribution in [3.05, 3.63) is 217 Å². The van der Waals surface area contributed by atoms with Crippen molar-refractivity contribution in [1.82, 2.24) is 15.2 Å². The maximum Gasteiger partial charge on any atom is 0.417 e. The molecule has 0 saturated carbocycles. The van der Waals surface area contributed by atoms with Crippen molar-refractivity contribution in [2.24, 2.45) is 0 Å². The van der Waals surface area contributed by atoms with Gasteiger partial charge in [0.2, 0.25) is 11.5 Å². The summed E-state index contributed by atoms with van der Waals surface area (Å²) in [5, 5.41) is 40.0. The Balaban J connectivity index is 0.000000217. The molecule has 0 unspecified atom stereocenters. The van der Waals surface area contributed by atoms with E-state index in [-0.39, 0.29) is 30.4 Å². The second-order valence-corrected chi connectivity index (χ2v) is 23.5. The molecule has 1 aliphatic heterocycles. The van der Waals surface area contributed by atoms with Crippen LogP contribution in [0.1, 0.15) is 74.0 Å². The molecule has 2 amide bonds. The van der Waals surface area contributed by atoms with Crippen LogP contribution in [0.2, 0.25) is 0 Å².